The van der Waals surface area contributed by atoms with E-state index in [1.807, 2.05) is 0 Å². The molecule has 2 aliphatic heterocycles. The van der Waals surface area contributed by atoms with E-state index in [9.17, 15) is 35.4 Å². The lowest BCUT2D eigenvalue weighted by Gasteiger charge is -2.40. The third kappa shape index (κ3) is 4.49. The summed E-state index contributed by atoms with van der Waals surface area (Å²) < 4.78 is 27.0. The number of aliphatic hydroxyl groups excluding tert-OH is 5. The van der Waals surface area contributed by atoms with Crippen LogP contribution >= 0.6 is 0 Å². The second-order valence-electron chi connectivity index (χ2n) is 8.23. The summed E-state index contributed by atoms with van der Waals surface area (Å²) in [5.74, 6) is 0.0502. The molecule has 12 heteroatoms. The maximum absolute atomic E-state index is 11.9. The Hall–Kier alpha value is -2.13. The van der Waals surface area contributed by atoms with Gasteiger partial charge in [0, 0.05) is 0 Å². The van der Waals surface area contributed by atoms with E-state index >= 15 is 0 Å². The Morgan fingerprint density at radius 2 is 1.88 bits per heavy atom. The van der Waals surface area contributed by atoms with Crippen molar-refractivity contribution in [2.75, 3.05) is 19.8 Å². The molecule has 0 aliphatic carbocycles. The summed E-state index contributed by atoms with van der Waals surface area (Å²) in [6.45, 7) is 0.211. The topological polar surface area (TPSA) is 189 Å². The Kier molecular flexibility index (Phi) is 6.73. The Labute approximate surface area is 187 Å². The smallest absolute Gasteiger partial charge is 0.339 e. The maximum Gasteiger partial charge on any atom is 0.339 e. The minimum atomic E-state index is -1.90. The van der Waals surface area contributed by atoms with Crippen LogP contribution in [0.15, 0.2) is 33.5 Å². The third-order valence-corrected chi connectivity index (χ3v) is 5.86. The molecule has 33 heavy (non-hydrogen) atoms. The Morgan fingerprint density at radius 1 is 1.12 bits per heavy atom. The zero-order valence-corrected chi connectivity index (χ0v) is 17.6. The van der Waals surface area contributed by atoms with E-state index in [1.54, 1.807) is 25.1 Å². The highest BCUT2D eigenvalue weighted by molar-refractivity contribution is 5.86. The number of fused-ring (bicyclic) bond motifs is 1. The van der Waals surface area contributed by atoms with Crippen molar-refractivity contribution in [3.63, 3.8) is 0 Å². The van der Waals surface area contributed by atoms with Crippen LogP contribution in [0.2, 0.25) is 0 Å². The van der Waals surface area contributed by atoms with Gasteiger partial charge in [0.2, 0.25) is 6.29 Å². The SMILES string of the molecule is Cc1cccc2oc(=O)cc(O[C@H]3O[C@@H](CO[C@H]4OC[C@@](O)(CO)[C@@H]4O)[C@H](O)[C@@H](O)[C@@H]3O)c12. The fourth-order valence-electron chi connectivity index (χ4n) is 3.85. The molecule has 182 valence electrons. The molecule has 12 nitrogen and oxygen atoms in total. The van der Waals surface area contributed by atoms with Crippen LogP contribution in [0, 0.1) is 6.92 Å². The first kappa shape index (κ1) is 24.0. The van der Waals surface area contributed by atoms with Crippen molar-refractivity contribution in [1.82, 2.24) is 0 Å². The zero-order valence-electron chi connectivity index (χ0n) is 17.6. The van der Waals surface area contributed by atoms with Crippen molar-refractivity contribution in [2.45, 2.75) is 55.6 Å². The van der Waals surface area contributed by atoms with Crippen LogP contribution in [0.3, 0.4) is 0 Å². The van der Waals surface area contributed by atoms with E-state index in [-0.39, 0.29) is 17.9 Å². The number of ether oxygens (including phenoxy) is 4. The van der Waals surface area contributed by atoms with E-state index in [2.05, 4.69) is 0 Å². The molecule has 0 saturated carbocycles. The average molecular weight is 470 g/mol. The standard InChI is InChI=1S/C21H26O12/c1-9-3-2-4-10-14(9)11(5-13(23)31-10)32-19-17(26)16(25)15(24)12(33-19)6-29-20-18(27)21(28,7-22)8-30-20/h2-5,12,15-20,22,24-28H,6-8H2,1H3/t12-,15-,16+,17-,18+,19-,20-,21-/m0/s1. The first-order chi connectivity index (χ1) is 15.6. The van der Waals surface area contributed by atoms with Gasteiger partial charge in [-0.15, -0.1) is 0 Å². The summed E-state index contributed by atoms with van der Waals surface area (Å²) in [5.41, 5.74) is -1.61. The minimum absolute atomic E-state index is 0.0502. The first-order valence-electron chi connectivity index (χ1n) is 10.3. The number of hydrogen-bond donors (Lipinski definition) is 6. The van der Waals surface area contributed by atoms with Gasteiger partial charge in [0.05, 0.1) is 31.3 Å². The largest absolute Gasteiger partial charge is 0.461 e. The highest BCUT2D eigenvalue weighted by Gasteiger charge is 2.50. The summed E-state index contributed by atoms with van der Waals surface area (Å²) >= 11 is 0. The average Bonchev–Trinajstić information content (AvgIpc) is 3.07. The molecule has 2 aliphatic rings. The van der Waals surface area contributed by atoms with Crippen molar-refractivity contribution < 1.29 is 54.0 Å². The third-order valence-electron chi connectivity index (χ3n) is 5.86. The van der Waals surface area contributed by atoms with Gasteiger partial charge in [-0.05, 0) is 18.6 Å². The molecule has 1 aromatic carbocycles. The lowest BCUT2D eigenvalue weighted by Crippen LogP contribution is -2.60. The molecule has 2 saturated heterocycles. The number of rotatable bonds is 6. The summed E-state index contributed by atoms with van der Waals surface area (Å²) in [7, 11) is 0. The number of aliphatic hydroxyl groups is 6. The van der Waals surface area contributed by atoms with Crippen LogP contribution in [-0.4, -0.2) is 99.2 Å². The van der Waals surface area contributed by atoms with Gasteiger partial charge in [-0.2, -0.15) is 0 Å². The van der Waals surface area contributed by atoms with Crippen LogP contribution in [0.25, 0.3) is 11.0 Å². The lowest BCUT2D eigenvalue weighted by atomic mass is 9.99. The fourth-order valence-corrected chi connectivity index (χ4v) is 3.85. The Morgan fingerprint density at radius 3 is 2.58 bits per heavy atom. The molecule has 6 N–H and O–H groups in total. The van der Waals surface area contributed by atoms with E-state index in [4.69, 9.17) is 23.4 Å². The second-order valence-corrected chi connectivity index (χ2v) is 8.23. The van der Waals surface area contributed by atoms with Crippen LogP contribution in [0.1, 0.15) is 5.56 Å². The predicted molar refractivity (Wildman–Crippen MR) is 108 cm³/mol. The number of benzene rings is 1. The van der Waals surface area contributed by atoms with Crippen molar-refractivity contribution in [1.29, 1.82) is 0 Å². The van der Waals surface area contributed by atoms with E-state index in [0.29, 0.717) is 5.39 Å². The van der Waals surface area contributed by atoms with E-state index < -0.39 is 67.5 Å². The van der Waals surface area contributed by atoms with Gasteiger partial charge >= 0.3 is 5.63 Å². The lowest BCUT2D eigenvalue weighted by molar-refractivity contribution is -0.289. The first-order valence-corrected chi connectivity index (χ1v) is 10.3. The molecule has 2 aromatic rings. The van der Waals surface area contributed by atoms with Gasteiger partial charge in [-0.3, -0.25) is 0 Å². The van der Waals surface area contributed by atoms with Gasteiger partial charge in [-0.25, -0.2) is 4.79 Å². The summed E-state index contributed by atoms with van der Waals surface area (Å²) in [6, 6.07) is 6.11. The molecule has 8 atom stereocenters. The Balaban J connectivity index is 1.51. The van der Waals surface area contributed by atoms with Crippen LogP contribution in [0.5, 0.6) is 5.75 Å². The molecule has 0 amide bonds. The molecule has 0 radical (unpaired) electrons. The van der Waals surface area contributed by atoms with Crippen LogP contribution < -0.4 is 10.4 Å². The Bertz CT molecular complexity index is 1040. The van der Waals surface area contributed by atoms with Crippen molar-refractivity contribution in [2.24, 2.45) is 0 Å². The van der Waals surface area contributed by atoms with Gasteiger partial charge < -0.3 is 54.0 Å². The molecule has 2 fully saturated rings. The van der Waals surface area contributed by atoms with Crippen molar-refractivity contribution in [3.05, 3.63) is 40.2 Å². The zero-order chi connectivity index (χ0) is 23.9. The van der Waals surface area contributed by atoms with Crippen LogP contribution in [-0.2, 0) is 14.2 Å². The molecular weight excluding hydrogens is 444 g/mol. The predicted octanol–water partition coefficient (Wildman–Crippen LogP) is -2.25. The van der Waals surface area contributed by atoms with Gasteiger partial charge in [-0.1, -0.05) is 12.1 Å². The number of hydrogen-bond acceptors (Lipinski definition) is 12. The molecule has 3 heterocycles. The van der Waals surface area contributed by atoms with E-state index in [1.165, 1.54) is 0 Å². The quantitative estimate of drug-likeness (QED) is 0.249. The van der Waals surface area contributed by atoms with Gasteiger partial charge in [0.1, 0.15) is 47.5 Å². The van der Waals surface area contributed by atoms with Crippen LogP contribution in [0.4, 0.5) is 0 Å². The summed E-state index contributed by atoms with van der Waals surface area (Å²) in [4.78, 5) is 11.9. The molecular formula is C21H26O12. The van der Waals surface area contributed by atoms with Gasteiger partial charge in [0.25, 0.3) is 0 Å². The van der Waals surface area contributed by atoms with Crippen molar-refractivity contribution >= 4 is 11.0 Å². The fraction of sp³-hybridized carbons (Fsp3) is 0.571. The highest BCUT2D eigenvalue weighted by Crippen LogP contribution is 2.31. The number of aryl methyl sites for hydroxylation is 1. The highest BCUT2D eigenvalue weighted by atomic mass is 16.7. The van der Waals surface area contributed by atoms with Gasteiger partial charge in [0.15, 0.2) is 6.29 Å². The maximum atomic E-state index is 11.9. The molecule has 4 rings (SSSR count). The monoisotopic (exact) mass is 470 g/mol. The van der Waals surface area contributed by atoms with E-state index in [0.717, 1.165) is 11.6 Å². The van der Waals surface area contributed by atoms with Crippen molar-refractivity contribution in [3.8, 4) is 5.75 Å². The molecule has 0 spiro atoms. The summed E-state index contributed by atoms with van der Waals surface area (Å²) in [6.07, 6.45) is -10.6. The second kappa shape index (κ2) is 9.25. The molecule has 0 bridgehead atoms. The minimum Gasteiger partial charge on any atom is -0.461 e. The molecule has 0 unspecified atom stereocenters. The summed E-state index contributed by atoms with van der Waals surface area (Å²) in [5, 5.41) is 60.8. The molecule has 1 aromatic heterocycles. The normalized spacial score (nSPS) is 36.9.